The number of carboxylic acids is 1. The number of likely N-dealkylation sites (N-methyl/N-ethyl adjacent to an activating group) is 1. The van der Waals surface area contributed by atoms with Crippen LogP contribution in [0.2, 0.25) is 0 Å². The first-order valence-electron chi connectivity index (χ1n) is 6.80. The van der Waals surface area contributed by atoms with Crippen molar-refractivity contribution in [1.82, 2.24) is 10.2 Å². The fraction of sp³-hybridized carbons (Fsp3) is 0.929. The molecule has 0 aromatic carbocycles. The van der Waals surface area contributed by atoms with Crippen LogP contribution in [0.4, 0.5) is 0 Å². The lowest BCUT2D eigenvalue weighted by Gasteiger charge is -2.45. The highest BCUT2D eigenvalue weighted by molar-refractivity contribution is 5.79. The fourth-order valence-electron chi connectivity index (χ4n) is 3.46. The summed E-state index contributed by atoms with van der Waals surface area (Å²) in [7, 11) is 4.01. The highest BCUT2D eigenvalue weighted by atomic mass is 16.4. The van der Waals surface area contributed by atoms with Gasteiger partial charge in [-0.25, -0.2) is 0 Å². The van der Waals surface area contributed by atoms with Crippen LogP contribution in [0.1, 0.15) is 40.0 Å². The van der Waals surface area contributed by atoms with E-state index in [4.69, 9.17) is 0 Å². The summed E-state index contributed by atoms with van der Waals surface area (Å²) in [4.78, 5) is 13.8. The largest absolute Gasteiger partial charge is 0.480 e. The van der Waals surface area contributed by atoms with E-state index in [0.29, 0.717) is 12.3 Å². The number of nitrogens with zero attached hydrogens (tertiary/aromatic N) is 1. The molecule has 0 aliphatic heterocycles. The van der Waals surface area contributed by atoms with Crippen LogP contribution >= 0.6 is 0 Å². The summed E-state index contributed by atoms with van der Waals surface area (Å²) < 4.78 is 0. The van der Waals surface area contributed by atoms with Crippen molar-refractivity contribution in [3.05, 3.63) is 0 Å². The molecule has 0 heterocycles. The Kier molecular flexibility index (Phi) is 4.78. The number of rotatable bonds is 5. The zero-order valence-electron chi connectivity index (χ0n) is 12.4. The van der Waals surface area contributed by atoms with Crippen LogP contribution in [0.3, 0.4) is 0 Å². The Morgan fingerprint density at radius 2 is 2.00 bits per heavy atom. The average molecular weight is 256 g/mol. The van der Waals surface area contributed by atoms with Crippen molar-refractivity contribution < 1.29 is 9.90 Å². The molecule has 0 amide bonds. The molecule has 1 saturated carbocycles. The second kappa shape index (κ2) is 5.57. The molecule has 0 radical (unpaired) electrons. The summed E-state index contributed by atoms with van der Waals surface area (Å²) in [5.41, 5.74) is -0.641. The molecule has 106 valence electrons. The van der Waals surface area contributed by atoms with E-state index in [9.17, 15) is 9.90 Å². The van der Waals surface area contributed by atoms with Gasteiger partial charge in [0.2, 0.25) is 0 Å². The molecule has 1 fully saturated rings. The van der Waals surface area contributed by atoms with Gasteiger partial charge < -0.3 is 15.3 Å². The fourth-order valence-corrected chi connectivity index (χ4v) is 3.46. The van der Waals surface area contributed by atoms with Crippen LogP contribution < -0.4 is 5.32 Å². The van der Waals surface area contributed by atoms with Gasteiger partial charge in [0, 0.05) is 13.1 Å². The number of carboxylic acid groups (broad SMARTS) is 1. The van der Waals surface area contributed by atoms with E-state index in [1.807, 2.05) is 14.1 Å². The lowest BCUT2D eigenvalue weighted by Crippen LogP contribution is -2.59. The summed E-state index contributed by atoms with van der Waals surface area (Å²) in [5, 5.41) is 12.9. The second-order valence-electron chi connectivity index (χ2n) is 6.97. The highest BCUT2D eigenvalue weighted by Crippen LogP contribution is 2.43. The number of nitrogens with one attached hydrogen (secondary N) is 1. The van der Waals surface area contributed by atoms with Gasteiger partial charge in [-0.2, -0.15) is 0 Å². The first kappa shape index (κ1) is 15.4. The van der Waals surface area contributed by atoms with Crippen molar-refractivity contribution in [3.63, 3.8) is 0 Å². The number of carbonyl (C=O) groups is 1. The van der Waals surface area contributed by atoms with Crippen LogP contribution in [0.25, 0.3) is 0 Å². The van der Waals surface area contributed by atoms with E-state index in [2.05, 4.69) is 31.0 Å². The molecule has 0 bridgehead atoms. The predicted molar refractivity (Wildman–Crippen MR) is 73.7 cm³/mol. The first-order chi connectivity index (χ1) is 8.17. The molecule has 1 rings (SSSR count). The Morgan fingerprint density at radius 1 is 1.39 bits per heavy atom. The normalized spacial score (nSPS) is 31.6. The van der Waals surface area contributed by atoms with Crippen LogP contribution in [0.5, 0.6) is 0 Å². The maximum Gasteiger partial charge on any atom is 0.323 e. The summed E-state index contributed by atoms with van der Waals surface area (Å²) in [5.74, 6) is -0.238. The van der Waals surface area contributed by atoms with Gasteiger partial charge in [-0.15, -0.1) is 0 Å². The van der Waals surface area contributed by atoms with Crippen molar-refractivity contribution in [2.45, 2.75) is 45.6 Å². The van der Waals surface area contributed by atoms with Crippen LogP contribution in [0.15, 0.2) is 0 Å². The van der Waals surface area contributed by atoms with Gasteiger partial charge in [-0.3, -0.25) is 4.79 Å². The Morgan fingerprint density at radius 3 is 2.44 bits per heavy atom. The SMILES string of the molecule is CC1CC(C)(C)CC(NCCN(C)C)(C(=O)O)C1. The molecule has 1 aliphatic carbocycles. The monoisotopic (exact) mass is 256 g/mol. The van der Waals surface area contributed by atoms with E-state index < -0.39 is 11.5 Å². The van der Waals surface area contributed by atoms with E-state index in [0.717, 1.165) is 25.9 Å². The van der Waals surface area contributed by atoms with E-state index in [1.165, 1.54) is 0 Å². The minimum atomic E-state index is -0.739. The zero-order valence-corrected chi connectivity index (χ0v) is 12.4. The van der Waals surface area contributed by atoms with Crippen LogP contribution in [0, 0.1) is 11.3 Å². The molecule has 0 aromatic rings. The van der Waals surface area contributed by atoms with Crippen LogP contribution in [-0.4, -0.2) is 48.7 Å². The summed E-state index contributed by atoms with van der Waals surface area (Å²) in [6.45, 7) is 8.10. The smallest absolute Gasteiger partial charge is 0.323 e. The molecule has 4 heteroatoms. The lowest BCUT2D eigenvalue weighted by atomic mass is 9.64. The molecule has 2 N–H and O–H groups in total. The second-order valence-corrected chi connectivity index (χ2v) is 6.97. The van der Waals surface area contributed by atoms with Gasteiger partial charge in [0.15, 0.2) is 0 Å². The summed E-state index contributed by atoms with van der Waals surface area (Å²) in [6, 6.07) is 0. The van der Waals surface area contributed by atoms with Gasteiger partial charge >= 0.3 is 5.97 Å². The topological polar surface area (TPSA) is 52.6 Å². The molecule has 0 spiro atoms. The van der Waals surface area contributed by atoms with E-state index in [1.54, 1.807) is 0 Å². The Balaban J connectivity index is 2.76. The summed E-state index contributed by atoms with van der Waals surface area (Å²) >= 11 is 0. The van der Waals surface area contributed by atoms with Crippen LogP contribution in [-0.2, 0) is 4.79 Å². The van der Waals surface area contributed by atoms with Gasteiger partial charge in [-0.05, 0) is 44.7 Å². The standard InChI is InChI=1S/C14H28N2O2/c1-11-8-13(2,3)10-14(9-11,12(17)18)15-6-7-16(4)5/h11,15H,6-10H2,1-5H3,(H,17,18). The number of hydrogen-bond donors (Lipinski definition) is 2. The van der Waals surface area contributed by atoms with Crippen molar-refractivity contribution in [1.29, 1.82) is 0 Å². The third kappa shape index (κ3) is 3.95. The lowest BCUT2D eigenvalue weighted by molar-refractivity contribution is -0.149. The predicted octanol–water partition coefficient (Wildman–Crippen LogP) is 1.81. The highest BCUT2D eigenvalue weighted by Gasteiger charge is 2.47. The maximum atomic E-state index is 11.7. The van der Waals surface area contributed by atoms with Gasteiger partial charge in [0.25, 0.3) is 0 Å². The molecular formula is C14H28N2O2. The molecule has 1 aliphatic rings. The molecule has 4 nitrogen and oxygen atoms in total. The number of aliphatic carboxylic acids is 1. The third-order valence-corrected chi connectivity index (χ3v) is 3.81. The van der Waals surface area contributed by atoms with Crippen molar-refractivity contribution in [2.24, 2.45) is 11.3 Å². The Hall–Kier alpha value is -0.610. The Bertz CT molecular complexity index is 302. The minimum absolute atomic E-state index is 0.0984. The molecule has 2 unspecified atom stereocenters. The summed E-state index contributed by atoms with van der Waals surface area (Å²) in [6.07, 6.45) is 2.56. The van der Waals surface area contributed by atoms with Crippen molar-refractivity contribution in [2.75, 3.05) is 27.2 Å². The van der Waals surface area contributed by atoms with Crippen molar-refractivity contribution in [3.8, 4) is 0 Å². The Labute approximate surface area is 111 Å². The molecule has 18 heavy (non-hydrogen) atoms. The molecular weight excluding hydrogens is 228 g/mol. The minimum Gasteiger partial charge on any atom is -0.480 e. The number of hydrogen-bond acceptors (Lipinski definition) is 3. The first-order valence-corrected chi connectivity index (χ1v) is 6.80. The quantitative estimate of drug-likeness (QED) is 0.787. The van der Waals surface area contributed by atoms with Gasteiger partial charge in [0.1, 0.15) is 5.54 Å². The van der Waals surface area contributed by atoms with Gasteiger partial charge in [0.05, 0.1) is 0 Å². The van der Waals surface area contributed by atoms with Crippen molar-refractivity contribution >= 4 is 5.97 Å². The van der Waals surface area contributed by atoms with Gasteiger partial charge in [-0.1, -0.05) is 20.8 Å². The maximum absolute atomic E-state index is 11.7. The van der Waals surface area contributed by atoms with E-state index in [-0.39, 0.29) is 5.41 Å². The average Bonchev–Trinajstić information content (AvgIpc) is 2.12. The molecule has 0 saturated heterocycles. The molecule has 2 atom stereocenters. The van der Waals surface area contributed by atoms with E-state index >= 15 is 0 Å². The third-order valence-electron chi connectivity index (χ3n) is 3.81. The molecule has 0 aromatic heterocycles. The zero-order chi connectivity index (χ0) is 14.0.